The Morgan fingerprint density at radius 2 is 2.26 bits per heavy atom. The summed E-state index contributed by atoms with van der Waals surface area (Å²) in [6, 6.07) is 3.91. The molecule has 0 bridgehead atoms. The van der Waals surface area contributed by atoms with Crippen molar-refractivity contribution in [1.29, 1.82) is 0 Å². The first-order valence-electron chi connectivity index (χ1n) is 5.79. The quantitative estimate of drug-likeness (QED) is 0.459. The smallest absolute Gasteiger partial charge is 0.292 e. The van der Waals surface area contributed by atoms with Crippen molar-refractivity contribution in [2.45, 2.75) is 19.4 Å². The second kappa shape index (κ2) is 6.69. The molecule has 7 heteroatoms. The number of nitrogen functional groups attached to an aromatic ring is 1. The van der Waals surface area contributed by atoms with E-state index in [9.17, 15) is 14.9 Å². The van der Waals surface area contributed by atoms with E-state index in [1.54, 1.807) is 7.11 Å². The minimum Gasteiger partial charge on any atom is -0.393 e. The summed E-state index contributed by atoms with van der Waals surface area (Å²) in [4.78, 5) is 22.0. The predicted molar refractivity (Wildman–Crippen MR) is 70.9 cm³/mol. The number of benzene rings is 1. The molecule has 0 heterocycles. The molecule has 1 rings (SSSR count). The average molecular weight is 267 g/mol. The molecule has 1 amide bonds. The van der Waals surface area contributed by atoms with Crippen molar-refractivity contribution >= 4 is 17.3 Å². The zero-order chi connectivity index (χ0) is 14.4. The third-order valence-electron chi connectivity index (χ3n) is 2.62. The van der Waals surface area contributed by atoms with Gasteiger partial charge in [-0.25, -0.2) is 0 Å². The molecule has 0 fully saturated rings. The van der Waals surface area contributed by atoms with Crippen LogP contribution in [0.15, 0.2) is 18.2 Å². The predicted octanol–water partition coefficient (Wildman–Crippen LogP) is 1.33. The molecule has 104 valence electrons. The molecule has 0 radical (unpaired) electrons. The average Bonchev–Trinajstić information content (AvgIpc) is 2.36. The van der Waals surface area contributed by atoms with E-state index in [2.05, 4.69) is 5.32 Å². The fourth-order valence-electron chi connectivity index (χ4n) is 1.52. The first-order chi connectivity index (χ1) is 8.95. The summed E-state index contributed by atoms with van der Waals surface area (Å²) in [5, 5.41) is 13.5. The Hall–Kier alpha value is -2.15. The number of nitrogens with zero attached hydrogens (tertiary/aromatic N) is 1. The summed E-state index contributed by atoms with van der Waals surface area (Å²) in [6.07, 6.45) is 0.666. The maximum absolute atomic E-state index is 11.9. The van der Waals surface area contributed by atoms with Crippen LogP contribution in [0.1, 0.15) is 23.7 Å². The molecule has 7 nitrogen and oxygen atoms in total. The van der Waals surface area contributed by atoms with Gasteiger partial charge in [-0.1, -0.05) is 0 Å². The van der Waals surface area contributed by atoms with Crippen LogP contribution in [0.2, 0.25) is 0 Å². The SMILES string of the molecule is COCCC(C)NC(=O)c1ccc(N)c([N+](=O)[O-])c1. The summed E-state index contributed by atoms with van der Waals surface area (Å²) in [5.41, 5.74) is 5.45. The van der Waals surface area contributed by atoms with E-state index in [4.69, 9.17) is 10.5 Å². The van der Waals surface area contributed by atoms with E-state index in [0.717, 1.165) is 0 Å². The highest BCUT2D eigenvalue weighted by atomic mass is 16.6. The lowest BCUT2D eigenvalue weighted by Crippen LogP contribution is -2.33. The second-order valence-electron chi connectivity index (χ2n) is 4.19. The van der Waals surface area contributed by atoms with Gasteiger partial charge in [0.15, 0.2) is 0 Å². The van der Waals surface area contributed by atoms with Crippen LogP contribution < -0.4 is 11.1 Å². The van der Waals surface area contributed by atoms with Gasteiger partial charge in [-0.05, 0) is 25.5 Å². The Bertz CT molecular complexity index is 476. The number of hydrogen-bond donors (Lipinski definition) is 2. The highest BCUT2D eigenvalue weighted by Gasteiger charge is 2.16. The van der Waals surface area contributed by atoms with Gasteiger partial charge in [0.25, 0.3) is 11.6 Å². The highest BCUT2D eigenvalue weighted by molar-refractivity contribution is 5.95. The third kappa shape index (κ3) is 4.22. The van der Waals surface area contributed by atoms with Crippen molar-refractivity contribution in [1.82, 2.24) is 5.32 Å². The zero-order valence-corrected chi connectivity index (χ0v) is 10.9. The fourth-order valence-corrected chi connectivity index (χ4v) is 1.52. The first-order valence-corrected chi connectivity index (χ1v) is 5.79. The van der Waals surface area contributed by atoms with Gasteiger partial charge in [0.05, 0.1) is 4.92 Å². The van der Waals surface area contributed by atoms with E-state index in [1.807, 2.05) is 6.92 Å². The van der Waals surface area contributed by atoms with Gasteiger partial charge in [-0.3, -0.25) is 14.9 Å². The molecule has 1 aromatic rings. The van der Waals surface area contributed by atoms with Gasteiger partial charge in [-0.2, -0.15) is 0 Å². The molecule has 1 unspecified atom stereocenters. The molecule has 0 saturated carbocycles. The zero-order valence-electron chi connectivity index (χ0n) is 10.9. The highest BCUT2D eigenvalue weighted by Crippen LogP contribution is 2.22. The largest absolute Gasteiger partial charge is 0.393 e. The minimum atomic E-state index is -0.611. The Kier molecular flexibility index (Phi) is 5.25. The fraction of sp³-hybridized carbons (Fsp3) is 0.417. The van der Waals surface area contributed by atoms with E-state index in [0.29, 0.717) is 13.0 Å². The van der Waals surface area contributed by atoms with Crippen molar-refractivity contribution in [3.05, 3.63) is 33.9 Å². The van der Waals surface area contributed by atoms with Crippen LogP contribution in [0.5, 0.6) is 0 Å². The maximum atomic E-state index is 11.9. The van der Waals surface area contributed by atoms with Gasteiger partial charge >= 0.3 is 0 Å². The van der Waals surface area contributed by atoms with Crippen molar-refractivity contribution in [2.75, 3.05) is 19.5 Å². The molecule has 19 heavy (non-hydrogen) atoms. The van der Waals surface area contributed by atoms with Gasteiger partial charge in [-0.15, -0.1) is 0 Å². The van der Waals surface area contributed by atoms with Crippen LogP contribution in [-0.2, 0) is 4.74 Å². The van der Waals surface area contributed by atoms with E-state index < -0.39 is 4.92 Å². The molecule has 0 saturated heterocycles. The minimum absolute atomic E-state index is 0.0361. The van der Waals surface area contributed by atoms with Gasteiger partial charge < -0.3 is 15.8 Å². The molecule has 0 aliphatic rings. The third-order valence-corrected chi connectivity index (χ3v) is 2.62. The van der Waals surface area contributed by atoms with Gasteiger partial charge in [0, 0.05) is 31.4 Å². The second-order valence-corrected chi connectivity index (χ2v) is 4.19. The first kappa shape index (κ1) is 14.9. The molecule has 0 aliphatic heterocycles. The molecule has 1 aromatic carbocycles. The normalized spacial score (nSPS) is 11.9. The Balaban J connectivity index is 2.77. The van der Waals surface area contributed by atoms with Crippen molar-refractivity contribution in [3.63, 3.8) is 0 Å². The number of anilines is 1. The Morgan fingerprint density at radius 3 is 2.84 bits per heavy atom. The topological polar surface area (TPSA) is 107 Å². The number of ether oxygens (including phenoxy) is 1. The Labute approximate surface area is 110 Å². The van der Waals surface area contributed by atoms with Crippen LogP contribution in [0, 0.1) is 10.1 Å². The number of carbonyl (C=O) groups excluding carboxylic acids is 1. The molecular weight excluding hydrogens is 250 g/mol. The summed E-state index contributed by atoms with van der Waals surface area (Å²) in [6.45, 7) is 2.37. The Morgan fingerprint density at radius 1 is 1.58 bits per heavy atom. The molecule has 3 N–H and O–H groups in total. The van der Waals surface area contributed by atoms with E-state index in [-0.39, 0.29) is 28.9 Å². The maximum Gasteiger partial charge on any atom is 0.292 e. The van der Waals surface area contributed by atoms with Crippen LogP contribution in [0.25, 0.3) is 0 Å². The number of amides is 1. The van der Waals surface area contributed by atoms with Crippen LogP contribution >= 0.6 is 0 Å². The summed E-state index contributed by atoms with van der Waals surface area (Å²) in [7, 11) is 1.58. The van der Waals surface area contributed by atoms with Crippen molar-refractivity contribution in [2.24, 2.45) is 0 Å². The standard InChI is InChI=1S/C12H17N3O4/c1-8(5-6-19-2)14-12(16)9-3-4-10(13)11(7-9)15(17)18/h3-4,7-8H,5-6,13H2,1-2H3,(H,14,16). The number of nitrogens with one attached hydrogen (secondary N) is 1. The number of nitrogens with two attached hydrogens (primary N) is 1. The summed E-state index contributed by atoms with van der Waals surface area (Å²) >= 11 is 0. The molecule has 1 atom stereocenters. The lowest BCUT2D eigenvalue weighted by Gasteiger charge is -2.13. The molecule has 0 spiro atoms. The monoisotopic (exact) mass is 267 g/mol. The number of carbonyl (C=O) groups is 1. The van der Waals surface area contributed by atoms with Gasteiger partial charge in [0.1, 0.15) is 5.69 Å². The summed E-state index contributed by atoms with van der Waals surface area (Å²) in [5.74, 6) is -0.369. The molecule has 0 aliphatic carbocycles. The number of hydrogen-bond acceptors (Lipinski definition) is 5. The van der Waals surface area contributed by atoms with Crippen molar-refractivity contribution < 1.29 is 14.5 Å². The number of nitro benzene ring substituents is 1. The molecular formula is C12H17N3O4. The van der Waals surface area contributed by atoms with Crippen LogP contribution in [0.4, 0.5) is 11.4 Å². The number of methoxy groups -OCH3 is 1. The van der Waals surface area contributed by atoms with Crippen LogP contribution in [-0.4, -0.2) is 30.6 Å². The lowest BCUT2D eigenvalue weighted by molar-refractivity contribution is -0.383. The lowest BCUT2D eigenvalue weighted by atomic mass is 10.1. The molecule has 0 aromatic heterocycles. The van der Waals surface area contributed by atoms with E-state index >= 15 is 0 Å². The van der Waals surface area contributed by atoms with Crippen molar-refractivity contribution in [3.8, 4) is 0 Å². The van der Waals surface area contributed by atoms with Crippen LogP contribution in [0.3, 0.4) is 0 Å². The summed E-state index contributed by atoms with van der Waals surface area (Å²) < 4.78 is 4.91. The van der Waals surface area contributed by atoms with E-state index in [1.165, 1.54) is 18.2 Å². The van der Waals surface area contributed by atoms with Gasteiger partial charge in [0.2, 0.25) is 0 Å². The number of nitro groups is 1. The number of rotatable bonds is 6.